The van der Waals surface area contributed by atoms with Crippen molar-refractivity contribution >= 4 is 74.4 Å². The Bertz CT molecular complexity index is 1820. The molecule has 0 radical (unpaired) electrons. The lowest BCUT2D eigenvalue weighted by Gasteiger charge is -2.24. The van der Waals surface area contributed by atoms with Crippen LogP contribution < -0.4 is 26.1 Å². The van der Waals surface area contributed by atoms with Crippen LogP contribution in [0.25, 0.3) is 0 Å². The van der Waals surface area contributed by atoms with Gasteiger partial charge in [0, 0.05) is 53.5 Å². The van der Waals surface area contributed by atoms with E-state index in [0.29, 0.717) is 39.1 Å². The van der Waals surface area contributed by atoms with Gasteiger partial charge in [-0.1, -0.05) is 47.6 Å². The molecule has 1 aliphatic heterocycles. The molecule has 19 heteroatoms. The van der Waals surface area contributed by atoms with Crippen molar-refractivity contribution in [3.8, 4) is 11.5 Å². The minimum atomic E-state index is -0.876. The average molecular weight is 845 g/mol. The molecule has 0 bridgehead atoms. The Kier molecular flexibility index (Phi) is 18.5. The van der Waals surface area contributed by atoms with Gasteiger partial charge in [-0.3, -0.25) is 28.8 Å². The molecular formula is C39H52N6O11S2. The third-order valence-electron chi connectivity index (χ3n) is 8.41. The summed E-state index contributed by atoms with van der Waals surface area (Å²) in [5.41, 5.74) is 4.42. The van der Waals surface area contributed by atoms with Crippen molar-refractivity contribution < 1.29 is 53.3 Å². The number of aromatic hydroxyl groups is 1. The first-order chi connectivity index (χ1) is 27.4. The molecule has 0 saturated carbocycles. The maximum absolute atomic E-state index is 13.0. The van der Waals surface area contributed by atoms with Gasteiger partial charge in [0.25, 0.3) is 11.8 Å². The van der Waals surface area contributed by atoms with E-state index < -0.39 is 46.4 Å². The Hall–Kier alpha value is -5.14. The van der Waals surface area contributed by atoms with Gasteiger partial charge in [-0.05, 0) is 69.9 Å². The van der Waals surface area contributed by atoms with Crippen LogP contribution in [0.4, 0.5) is 5.69 Å². The number of rotatable bonds is 22. The summed E-state index contributed by atoms with van der Waals surface area (Å²) in [5.74, 6) is -3.12. The number of nitrogens with one attached hydrogen (secondary N) is 4. The zero-order chi connectivity index (χ0) is 43.0. The van der Waals surface area contributed by atoms with Crippen LogP contribution in [-0.4, -0.2) is 91.6 Å². The number of aliphatic hydroxyl groups is 1. The molecule has 0 spiro atoms. The number of anilines is 1. The summed E-state index contributed by atoms with van der Waals surface area (Å²) in [7, 11) is 2.84. The molecule has 6 N–H and O–H groups in total. The number of phenols is 1. The van der Waals surface area contributed by atoms with Crippen molar-refractivity contribution in [2.24, 2.45) is 11.0 Å². The molecule has 316 valence electrons. The number of phenolic OH excluding ortho intramolecular Hbond substituents is 1. The van der Waals surface area contributed by atoms with E-state index in [1.165, 1.54) is 27.7 Å². The van der Waals surface area contributed by atoms with E-state index in [1.54, 1.807) is 64.1 Å². The highest BCUT2D eigenvalue weighted by atomic mass is 33.1. The molecule has 2 atom stereocenters. The number of amides is 6. The van der Waals surface area contributed by atoms with Crippen molar-refractivity contribution in [3.63, 3.8) is 0 Å². The van der Waals surface area contributed by atoms with Crippen LogP contribution in [0.5, 0.6) is 11.5 Å². The number of nitrogens with zero attached hydrogens (tertiary/aromatic N) is 2. The molecule has 1 saturated heterocycles. The predicted molar refractivity (Wildman–Crippen MR) is 219 cm³/mol. The highest BCUT2D eigenvalue weighted by Crippen LogP contribution is 2.38. The largest absolute Gasteiger partial charge is 0.507 e. The van der Waals surface area contributed by atoms with Gasteiger partial charge < -0.3 is 35.7 Å². The van der Waals surface area contributed by atoms with E-state index in [1.807, 2.05) is 13.8 Å². The third kappa shape index (κ3) is 15.7. The van der Waals surface area contributed by atoms with E-state index in [-0.39, 0.29) is 75.2 Å². The number of hydrazone groups is 1. The van der Waals surface area contributed by atoms with E-state index in [4.69, 9.17) is 9.57 Å². The lowest BCUT2D eigenvalue weighted by molar-refractivity contribution is -0.197. The third-order valence-corrected chi connectivity index (χ3v) is 11.7. The maximum atomic E-state index is 13.0. The standard InChI is InChI=1S/C39H52N6O11S2/c1-23(2)36(38(54)40-25(4)37(53)41-27-11-9-26(22-46)10-12-27)42-31(48)17-19-57-58-39(5,6)21-32(49)44-43-24(3)29-14-13-28(20-30(29)47)55-18-7-8-35(52)56-45-33(50)15-16-34(45)51/h9-14,20,23,25,36,46-47H,7-8,15-19,21-22H2,1-6H3,(H,40,54)(H,41,53)(H,42,48)(H,44,49)/b43-24+/t25-,36-/m0/s1. The van der Waals surface area contributed by atoms with Crippen LogP contribution >= 0.6 is 21.6 Å². The number of hydrogen-bond acceptors (Lipinski definition) is 14. The lowest BCUT2D eigenvalue weighted by Crippen LogP contribution is -2.53. The molecule has 2 aromatic rings. The molecule has 2 aromatic carbocycles. The fourth-order valence-corrected chi connectivity index (χ4v) is 7.70. The number of benzene rings is 2. The molecule has 0 aliphatic carbocycles. The lowest BCUT2D eigenvalue weighted by atomic mass is 10.0. The molecule has 0 aromatic heterocycles. The summed E-state index contributed by atoms with van der Waals surface area (Å²) in [6.07, 6.45) is 0.384. The van der Waals surface area contributed by atoms with Crippen LogP contribution in [0.1, 0.15) is 91.2 Å². The molecule has 0 unspecified atom stereocenters. The van der Waals surface area contributed by atoms with E-state index in [9.17, 15) is 43.8 Å². The molecule has 1 heterocycles. The van der Waals surface area contributed by atoms with Crippen molar-refractivity contribution in [2.45, 2.75) is 104 Å². The Morgan fingerprint density at radius 1 is 0.931 bits per heavy atom. The number of hydrogen-bond donors (Lipinski definition) is 6. The van der Waals surface area contributed by atoms with E-state index in [2.05, 4.69) is 26.5 Å². The molecule has 58 heavy (non-hydrogen) atoms. The first-order valence-corrected chi connectivity index (χ1v) is 21.0. The second-order valence-electron chi connectivity index (χ2n) is 14.4. The SMILES string of the molecule is C/C(=N\NC(=O)CC(C)(C)SSCCC(=O)N[C@H](C(=O)N[C@@H](C)C(=O)Nc1ccc(CO)cc1)C(C)C)c1ccc(OCCCC(=O)ON2C(=O)CCC2=O)cc1O. The summed E-state index contributed by atoms with van der Waals surface area (Å²) in [6.45, 7) is 10.5. The fourth-order valence-electron chi connectivity index (χ4n) is 5.21. The molecule has 3 rings (SSSR count). The first kappa shape index (κ1) is 47.2. The maximum Gasteiger partial charge on any atom is 0.333 e. The van der Waals surface area contributed by atoms with Crippen LogP contribution in [0, 0.1) is 5.92 Å². The number of hydroxylamine groups is 2. The van der Waals surface area contributed by atoms with Gasteiger partial charge in [-0.15, -0.1) is 5.06 Å². The highest BCUT2D eigenvalue weighted by molar-refractivity contribution is 8.77. The summed E-state index contributed by atoms with van der Waals surface area (Å²) in [4.78, 5) is 91.1. The predicted octanol–water partition coefficient (Wildman–Crippen LogP) is 3.72. The monoisotopic (exact) mass is 844 g/mol. The van der Waals surface area contributed by atoms with Crippen molar-refractivity contribution in [3.05, 3.63) is 53.6 Å². The Labute approximate surface area is 345 Å². The number of carbonyl (C=O) groups excluding carboxylic acids is 7. The summed E-state index contributed by atoms with van der Waals surface area (Å²) in [6, 6.07) is 9.45. The quantitative estimate of drug-likeness (QED) is 0.0326. The number of carbonyl (C=O) groups is 7. The van der Waals surface area contributed by atoms with Gasteiger partial charge in [-0.2, -0.15) is 5.10 Å². The summed E-state index contributed by atoms with van der Waals surface area (Å²) >= 11 is 0. The molecule has 1 fully saturated rings. The zero-order valence-electron chi connectivity index (χ0n) is 33.4. The average Bonchev–Trinajstić information content (AvgIpc) is 3.48. The van der Waals surface area contributed by atoms with Gasteiger partial charge in [-0.25, -0.2) is 10.2 Å². The first-order valence-electron chi connectivity index (χ1n) is 18.7. The molecule has 1 aliphatic rings. The zero-order valence-corrected chi connectivity index (χ0v) is 35.1. The van der Waals surface area contributed by atoms with Crippen molar-refractivity contribution in [1.82, 2.24) is 21.1 Å². The normalized spacial score (nSPS) is 14.1. The summed E-state index contributed by atoms with van der Waals surface area (Å²) in [5, 5.41) is 32.5. The van der Waals surface area contributed by atoms with Gasteiger partial charge in [0.1, 0.15) is 23.6 Å². The van der Waals surface area contributed by atoms with Crippen molar-refractivity contribution in [1.29, 1.82) is 0 Å². The number of ether oxygens (including phenoxy) is 1. The Morgan fingerprint density at radius 2 is 1.60 bits per heavy atom. The molecular weight excluding hydrogens is 793 g/mol. The smallest absolute Gasteiger partial charge is 0.333 e. The molecule has 6 amide bonds. The van der Waals surface area contributed by atoms with Crippen molar-refractivity contribution in [2.75, 3.05) is 17.7 Å². The molecule has 17 nitrogen and oxygen atoms in total. The van der Waals surface area contributed by atoms with Crippen LogP contribution in [0.3, 0.4) is 0 Å². The number of imide groups is 1. The second-order valence-corrected chi connectivity index (χ2v) is 17.5. The van der Waals surface area contributed by atoms with Crippen LogP contribution in [-0.2, 0) is 45.0 Å². The minimum Gasteiger partial charge on any atom is -0.507 e. The van der Waals surface area contributed by atoms with Crippen LogP contribution in [0.15, 0.2) is 47.6 Å². The van der Waals surface area contributed by atoms with Crippen LogP contribution in [0.2, 0.25) is 0 Å². The minimum absolute atomic E-state index is 0.0108. The second kappa shape index (κ2) is 22.7. The number of aliphatic hydroxyl groups excluding tert-OH is 1. The van der Waals surface area contributed by atoms with Gasteiger partial charge in [0.15, 0.2) is 0 Å². The fraction of sp³-hybridized carbons (Fsp3) is 0.487. The van der Waals surface area contributed by atoms with Gasteiger partial charge in [0.2, 0.25) is 23.6 Å². The summed E-state index contributed by atoms with van der Waals surface area (Å²) < 4.78 is 5.05. The highest BCUT2D eigenvalue weighted by Gasteiger charge is 2.33. The van der Waals surface area contributed by atoms with Gasteiger partial charge >= 0.3 is 5.97 Å². The Morgan fingerprint density at radius 3 is 2.22 bits per heavy atom. The van der Waals surface area contributed by atoms with E-state index >= 15 is 0 Å². The van der Waals surface area contributed by atoms with Gasteiger partial charge in [0.05, 0.1) is 25.3 Å². The topological polar surface area (TPSA) is 242 Å². The van der Waals surface area contributed by atoms with E-state index in [0.717, 1.165) is 0 Å². The Balaban J connectivity index is 1.36.